The fraction of sp³-hybridized carbons (Fsp3) is 0.571. The van der Waals surface area contributed by atoms with Gasteiger partial charge in [0.05, 0.1) is 25.8 Å². The highest BCUT2D eigenvalue weighted by molar-refractivity contribution is 5.78. The molecule has 1 amide bonds. The number of rotatable bonds is 10. The molecule has 0 fully saturated rings. The van der Waals surface area contributed by atoms with Gasteiger partial charge in [0.2, 0.25) is 5.91 Å². The normalized spacial score (nSPS) is 10.7. The van der Waals surface area contributed by atoms with Gasteiger partial charge in [-0.05, 0) is 18.6 Å². The molecule has 0 aromatic carbocycles. The Balaban J connectivity index is 2.44. The number of unbranched alkanes of at least 4 members (excludes halogenated alkanes) is 1. The van der Waals surface area contributed by atoms with Gasteiger partial charge in [-0.25, -0.2) is 0 Å². The molecule has 0 aliphatic rings. The van der Waals surface area contributed by atoms with Crippen molar-refractivity contribution in [2.24, 2.45) is 0 Å². The van der Waals surface area contributed by atoms with E-state index in [1.165, 1.54) is 0 Å². The van der Waals surface area contributed by atoms with Gasteiger partial charge in [-0.1, -0.05) is 13.3 Å². The third-order valence-corrected chi connectivity index (χ3v) is 2.82. The summed E-state index contributed by atoms with van der Waals surface area (Å²) in [6, 6.07) is 3.58. The molecule has 1 rings (SSSR count). The summed E-state index contributed by atoms with van der Waals surface area (Å²) in [6.45, 7) is 3.64. The lowest BCUT2D eigenvalue weighted by Gasteiger charge is -2.19. The van der Waals surface area contributed by atoms with Crippen molar-refractivity contribution in [2.75, 3.05) is 19.6 Å². The van der Waals surface area contributed by atoms with Crippen LogP contribution in [0.5, 0.6) is 0 Å². The molecule has 6 heteroatoms. The summed E-state index contributed by atoms with van der Waals surface area (Å²) in [6.07, 6.45) is 3.53. The molecule has 0 saturated carbocycles. The highest BCUT2D eigenvalue weighted by Crippen LogP contribution is 2.06. The van der Waals surface area contributed by atoms with Crippen LogP contribution in [0.2, 0.25) is 0 Å². The van der Waals surface area contributed by atoms with E-state index in [0.717, 1.165) is 18.6 Å². The van der Waals surface area contributed by atoms with Crippen LogP contribution in [0.1, 0.15) is 31.9 Å². The van der Waals surface area contributed by atoms with Crippen molar-refractivity contribution in [2.45, 2.75) is 32.7 Å². The molecule has 112 valence electrons. The molecule has 0 atom stereocenters. The van der Waals surface area contributed by atoms with Crippen molar-refractivity contribution < 1.29 is 19.1 Å². The largest absolute Gasteiger partial charge is 0.481 e. The van der Waals surface area contributed by atoms with E-state index in [0.29, 0.717) is 19.6 Å². The van der Waals surface area contributed by atoms with E-state index in [1.807, 2.05) is 6.07 Å². The molecule has 1 aromatic heterocycles. The van der Waals surface area contributed by atoms with Crippen molar-refractivity contribution >= 4 is 11.9 Å². The van der Waals surface area contributed by atoms with Gasteiger partial charge in [-0.3, -0.25) is 14.5 Å². The fourth-order valence-corrected chi connectivity index (χ4v) is 1.75. The summed E-state index contributed by atoms with van der Waals surface area (Å²) < 4.78 is 5.23. The molecule has 20 heavy (non-hydrogen) atoms. The van der Waals surface area contributed by atoms with Crippen LogP contribution in [0, 0.1) is 0 Å². The van der Waals surface area contributed by atoms with Gasteiger partial charge >= 0.3 is 5.97 Å². The molecule has 0 unspecified atom stereocenters. The van der Waals surface area contributed by atoms with Crippen molar-refractivity contribution in [1.82, 2.24) is 10.2 Å². The summed E-state index contributed by atoms with van der Waals surface area (Å²) in [7, 11) is 0. The third kappa shape index (κ3) is 6.94. The summed E-state index contributed by atoms with van der Waals surface area (Å²) in [4.78, 5) is 24.2. The van der Waals surface area contributed by atoms with Gasteiger partial charge in [-0.15, -0.1) is 0 Å². The van der Waals surface area contributed by atoms with Crippen molar-refractivity contribution in [3.8, 4) is 0 Å². The quantitative estimate of drug-likeness (QED) is 0.635. The predicted molar refractivity (Wildman–Crippen MR) is 74.2 cm³/mol. The maximum atomic E-state index is 11.8. The van der Waals surface area contributed by atoms with Crippen LogP contribution < -0.4 is 5.32 Å². The minimum atomic E-state index is -0.874. The minimum absolute atomic E-state index is 0.00293. The van der Waals surface area contributed by atoms with E-state index in [2.05, 4.69) is 12.2 Å². The molecule has 0 aliphatic carbocycles. The van der Waals surface area contributed by atoms with Gasteiger partial charge in [0, 0.05) is 13.1 Å². The Morgan fingerprint density at radius 3 is 2.85 bits per heavy atom. The van der Waals surface area contributed by atoms with E-state index in [9.17, 15) is 9.59 Å². The van der Waals surface area contributed by atoms with Crippen LogP contribution in [-0.2, 0) is 16.1 Å². The zero-order chi connectivity index (χ0) is 14.8. The van der Waals surface area contributed by atoms with E-state index in [1.54, 1.807) is 17.2 Å². The van der Waals surface area contributed by atoms with Crippen LogP contribution in [0.4, 0.5) is 0 Å². The Morgan fingerprint density at radius 1 is 1.45 bits per heavy atom. The molecule has 0 saturated heterocycles. The van der Waals surface area contributed by atoms with E-state index < -0.39 is 5.97 Å². The lowest BCUT2D eigenvalue weighted by atomic mass is 10.3. The Kier molecular flexibility index (Phi) is 7.42. The first-order valence-electron chi connectivity index (χ1n) is 6.85. The topological polar surface area (TPSA) is 82.8 Å². The average Bonchev–Trinajstić information content (AvgIpc) is 2.89. The van der Waals surface area contributed by atoms with Crippen LogP contribution >= 0.6 is 0 Å². The monoisotopic (exact) mass is 282 g/mol. The number of hydrogen-bond donors (Lipinski definition) is 2. The van der Waals surface area contributed by atoms with Gasteiger partial charge in [0.15, 0.2) is 0 Å². The predicted octanol–water partition coefficient (Wildman–Crippen LogP) is 1.47. The molecule has 0 spiro atoms. The summed E-state index contributed by atoms with van der Waals surface area (Å²) in [5.74, 6) is -0.243. The first-order chi connectivity index (χ1) is 9.61. The molecular formula is C14H22N2O4. The molecule has 1 heterocycles. The molecule has 6 nitrogen and oxygen atoms in total. The number of nitrogens with one attached hydrogen (secondary N) is 1. The SMILES string of the molecule is CCCCNC(=O)CN(CCC(=O)O)Cc1ccco1. The van der Waals surface area contributed by atoms with Crippen molar-refractivity contribution in [3.63, 3.8) is 0 Å². The maximum Gasteiger partial charge on any atom is 0.304 e. The second kappa shape index (κ2) is 9.14. The first kappa shape index (κ1) is 16.2. The highest BCUT2D eigenvalue weighted by Gasteiger charge is 2.13. The molecular weight excluding hydrogens is 260 g/mol. The Morgan fingerprint density at radius 2 is 2.25 bits per heavy atom. The number of amides is 1. The van der Waals surface area contributed by atoms with E-state index in [4.69, 9.17) is 9.52 Å². The third-order valence-electron chi connectivity index (χ3n) is 2.82. The zero-order valence-electron chi connectivity index (χ0n) is 11.8. The Labute approximate surface area is 118 Å². The molecule has 2 N–H and O–H groups in total. The second-order valence-corrected chi connectivity index (χ2v) is 4.64. The van der Waals surface area contributed by atoms with Crippen LogP contribution in [0.3, 0.4) is 0 Å². The Hall–Kier alpha value is -1.82. The number of hydrogen-bond acceptors (Lipinski definition) is 4. The van der Waals surface area contributed by atoms with Crippen molar-refractivity contribution in [1.29, 1.82) is 0 Å². The Bertz CT molecular complexity index is 403. The van der Waals surface area contributed by atoms with Crippen molar-refractivity contribution in [3.05, 3.63) is 24.2 Å². The number of nitrogens with zero attached hydrogens (tertiary/aromatic N) is 1. The molecule has 0 bridgehead atoms. The summed E-state index contributed by atoms with van der Waals surface area (Å²) in [5, 5.41) is 11.6. The number of carboxylic acid groups (broad SMARTS) is 1. The number of aliphatic carboxylic acids is 1. The number of carbonyl (C=O) groups excluding carboxylic acids is 1. The fourth-order valence-electron chi connectivity index (χ4n) is 1.75. The zero-order valence-corrected chi connectivity index (χ0v) is 11.8. The molecule has 1 aromatic rings. The van der Waals surface area contributed by atoms with Crippen LogP contribution in [0.15, 0.2) is 22.8 Å². The van der Waals surface area contributed by atoms with Gasteiger partial charge in [-0.2, -0.15) is 0 Å². The number of carboxylic acids is 1. The smallest absolute Gasteiger partial charge is 0.304 e. The lowest BCUT2D eigenvalue weighted by Crippen LogP contribution is -2.38. The van der Waals surface area contributed by atoms with E-state index >= 15 is 0 Å². The maximum absolute atomic E-state index is 11.8. The number of furan rings is 1. The number of carbonyl (C=O) groups is 2. The standard InChI is InChI=1S/C14H22N2O4/c1-2-3-7-15-13(17)11-16(8-6-14(18)19)10-12-5-4-9-20-12/h4-5,9H,2-3,6-8,10-11H2,1H3,(H,15,17)(H,18,19). The minimum Gasteiger partial charge on any atom is -0.481 e. The molecule has 0 aliphatic heterocycles. The van der Waals surface area contributed by atoms with Gasteiger partial charge in [0.1, 0.15) is 5.76 Å². The van der Waals surface area contributed by atoms with Crippen LogP contribution in [-0.4, -0.2) is 41.5 Å². The first-order valence-corrected chi connectivity index (χ1v) is 6.85. The summed E-state index contributed by atoms with van der Waals surface area (Å²) >= 11 is 0. The second-order valence-electron chi connectivity index (χ2n) is 4.64. The average molecular weight is 282 g/mol. The van der Waals surface area contributed by atoms with Gasteiger partial charge in [0.25, 0.3) is 0 Å². The lowest BCUT2D eigenvalue weighted by molar-refractivity contribution is -0.137. The van der Waals surface area contributed by atoms with Gasteiger partial charge < -0.3 is 14.8 Å². The molecule has 0 radical (unpaired) electrons. The van der Waals surface area contributed by atoms with E-state index in [-0.39, 0.29) is 18.9 Å². The summed E-state index contributed by atoms with van der Waals surface area (Å²) in [5.41, 5.74) is 0. The highest BCUT2D eigenvalue weighted by atomic mass is 16.4. The van der Waals surface area contributed by atoms with Crippen LogP contribution in [0.25, 0.3) is 0 Å².